The standard InChI is InChI=1S/C41H33NO9S/c43-22-25-8-10-27(11-9-25)36-35(26-4-2-1-3-5-26)34(23-52-31-17-14-28(15-18-31)38(45)46)49-41(50-36)29-12-6-24(7-13-29)21-42-37(44)30-16-19-32-33(20-30)40(48)51-39(32)47/h1-20,34-36,41,43H,21-23H2,(H,42,44)(H,45,46). The molecule has 5 aromatic carbocycles. The van der Waals surface area contributed by atoms with Crippen LogP contribution in [-0.2, 0) is 27.4 Å². The van der Waals surface area contributed by atoms with Gasteiger partial charge in [-0.2, -0.15) is 0 Å². The van der Waals surface area contributed by atoms with Crippen molar-refractivity contribution >= 4 is 35.6 Å². The molecule has 3 N–H and O–H groups in total. The minimum Gasteiger partial charge on any atom is -0.478 e. The maximum absolute atomic E-state index is 12.9. The lowest BCUT2D eigenvalue weighted by atomic mass is 9.84. The zero-order valence-corrected chi connectivity index (χ0v) is 28.5. The molecule has 0 saturated carbocycles. The largest absolute Gasteiger partial charge is 0.478 e. The Balaban J connectivity index is 1.12. The minimum absolute atomic E-state index is 0.0689. The second-order valence-electron chi connectivity index (χ2n) is 12.4. The van der Waals surface area contributed by atoms with Crippen LogP contribution in [0.4, 0.5) is 0 Å². The summed E-state index contributed by atoms with van der Waals surface area (Å²) in [5.74, 6) is -2.53. The Labute approximate surface area is 303 Å². The first-order valence-electron chi connectivity index (χ1n) is 16.6. The number of esters is 2. The summed E-state index contributed by atoms with van der Waals surface area (Å²) in [7, 11) is 0. The first-order valence-corrected chi connectivity index (χ1v) is 17.6. The van der Waals surface area contributed by atoms with Crippen LogP contribution in [0.15, 0.2) is 126 Å². The van der Waals surface area contributed by atoms with Crippen LogP contribution in [-0.4, -0.2) is 45.9 Å². The van der Waals surface area contributed by atoms with Crippen LogP contribution in [0.2, 0.25) is 0 Å². The van der Waals surface area contributed by atoms with Crippen molar-refractivity contribution in [1.29, 1.82) is 0 Å². The molecule has 2 aliphatic heterocycles. The van der Waals surface area contributed by atoms with E-state index in [0.29, 0.717) is 5.75 Å². The van der Waals surface area contributed by atoms with E-state index in [1.54, 1.807) is 36.0 Å². The minimum atomic E-state index is -0.981. The number of carbonyl (C=O) groups is 4. The van der Waals surface area contributed by atoms with E-state index in [1.807, 2.05) is 66.7 Å². The summed E-state index contributed by atoms with van der Waals surface area (Å²) in [6.07, 6.45) is -1.47. The van der Waals surface area contributed by atoms with Gasteiger partial charge in [0.25, 0.3) is 5.91 Å². The summed E-state index contributed by atoms with van der Waals surface area (Å²) in [5.41, 5.74) is 5.02. The maximum Gasteiger partial charge on any atom is 0.346 e. The zero-order chi connectivity index (χ0) is 36.2. The van der Waals surface area contributed by atoms with Gasteiger partial charge in [-0.3, -0.25) is 4.79 Å². The number of hydrogen-bond acceptors (Lipinski definition) is 9. The molecule has 4 atom stereocenters. The van der Waals surface area contributed by atoms with Crippen LogP contribution < -0.4 is 5.32 Å². The SMILES string of the molecule is O=C(O)c1ccc(SCC2OC(c3ccc(CNC(=O)c4ccc5c(c4)C(=O)OC5=O)cc3)OC(c3ccc(CO)cc3)C2c2ccccc2)cc1. The van der Waals surface area contributed by atoms with Gasteiger partial charge in [0, 0.05) is 34.2 Å². The van der Waals surface area contributed by atoms with Crippen molar-refractivity contribution in [3.8, 4) is 0 Å². The Bertz CT molecular complexity index is 2100. The molecule has 0 aromatic heterocycles. The third kappa shape index (κ3) is 7.53. The number of thioether (sulfide) groups is 1. The molecule has 5 aromatic rings. The predicted molar refractivity (Wildman–Crippen MR) is 191 cm³/mol. The van der Waals surface area contributed by atoms with E-state index in [9.17, 15) is 29.4 Å². The van der Waals surface area contributed by atoms with Crippen molar-refractivity contribution in [3.63, 3.8) is 0 Å². The van der Waals surface area contributed by atoms with Crippen molar-refractivity contribution < 1.29 is 43.6 Å². The van der Waals surface area contributed by atoms with Gasteiger partial charge in [-0.25, -0.2) is 14.4 Å². The molecule has 4 unspecified atom stereocenters. The van der Waals surface area contributed by atoms with Gasteiger partial charge in [0.05, 0.1) is 35.5 Å². The smallest absolute Gasteiger partial charge is 0.346 e. The van der Waals surface area contributed by atoms with Gasteiger partial charge in [-0.05, 0) is 64.7 Å². The summed E-state index contributed by atoms with van der Waals surface area (Å²) in [6, 6.07) is 36.3. The second-order valence-corrected chi connectivity index (χ2v) is 13.5. The maximum atomic E-state index is 12.9. The van der Waals surface area contributed by atoms with Crippen LogP contribution in [0.25, 0.3) is 0 Å². The van der Waals surface area contributed by atoms with Crippen LogP contribution in [0.5, 0.6) is 0 Å². The molecule has 10 nitrogen and oxygen atoms in total. The zero-order valence-electron chi connectivity index (χ0n) is 27.6. The van der Waals surface area contributed by atoms with Gasteiger partial charge in [-0.15, -0.1) is 11.8 Å². The van der Waals surface area contributed by atoms with Crippen molar-refractivity contribution in [2.45, 2.75) is 42.5 Å². The van der Waals surface area contributed by atoms with Crippen molar-refractivity contribution in [2.24, 2.45) is 0 Å². The van der Waals surface area contributed by atoms with E-state index in [0.717, 1.165) is 32.7 Å². The lowest BCUT2D eigenvalue weighted by molar-refractivity contribution is -0.255. The number of aliphatic hydroxyl groups is 1. The number of nitrogens with one attached hydrogen (secondary N) is 1. The van der Waals surface area contributed by atoms with E-state index in [4.69, 9.17) is 9.47 Å². The van der Waals surface area contributed by atoms with Crippen LogP contribution in [0, 0.1) is 0 Å². The van der Waals surface area contributed by atoms with Crippen LogP contribution in [0.3, 0.4) is 0 Å². The van der Waals surface area contributed by atoms with E-state index in [-0.39, 0.29) is 47.4 Å². The average molecular weight is 716 g/mol. The third-order valence-corrected chi connectivity index (χ3v) is 10.2. The number of carboxylic acids is 1. The number of carboxylic acid groups (broad SMARTS) is 1. The number of aliphatic hydroxyl groups excluding tert-OH is 1. The molecule has 7 rings (SSSR count). The third-order valence-electron chi connectivity index (χ3n) is 9.10. The first kappa shape index (κ1) is 34.8. The van der Waals surface area contributed by atoms with Crippen molar-refractivity contribution in [2.75, 3.05) is 5.75 Å². The molecule has 11 heteroatoms. The number of rotatable bonds is 11. The molecular weight excluding hydrogens is 683 g/mol. The fourth-order valence-electron chi connectivity index (χ4n) is 6.33. The van der Waals surface area contributed by atoms with Gasteiger partial charge >= 0.3 is 17.9 Å². The molecule has 1 fully saturated rings. The van der Waals surface area contributed by atoms with Crippen molar-refractivity contribution in [3.05, 3.63) is 171 Å². The van der Waals surface area contributed by atoms with E-state index in [2.05, 4.69) is 22.2 Å². The van der Waals surface area contributed by atoms with Gasteiger partial charge in [-0.1, -0.05) is 78.9 Å². The fourth-order valence-corrected chi connectivity index (χ4v) is 7.30. The Morgan fingerprint density at radius 1 is 0.692 bits per heavy atom. The Morgan fingerprint density at radius 2 is 1.35 bits per heavy atom. The molecule has 1 saturated heterocycles. The summed E-state index contributed by atoms with van der Waals surface area (Å²) in [4.78, 5) is 48.9. The predicted octanol–water partition coefficient (Wildman–Crippen LogP) is 6.85. The number of benzene rings is 5. The highest BCUT2D eigenvalue weighted by Crippen LogP contribution is 2.48. The Morgan fingerprint density at radius 3 is 2.04 bits per heavy atom. The summed E-state index contributed by atoms with van der Waals surface area (Å²) >= 11 is 1.57. The molecule has 0 radical (unpaired) electrons. The highest BCUT2D eigenvalue weighted by atomic mass is 32.2. The number of hydrogen-bond donors (Lipinski definition) is 3. The van der Waals surface area contributed by atoms with Crippen LogP contribution in [0.1, 0.15) is 87.6 Å². The number of cyclic esters (lactones) is 2. The lowest BCUT2D eigenvalue weighted by Gasteiger charge is -2.43. The monoisotopic (exact) mass is 715 g/mol. The van der Waals surface area contributed by atoms with Gasteiger partial charge in [0.15, 0.2) is 6.29 Å². The number of aromatic carboxylic acids is 1. The van der Waals surface area contributed by atoms with Crippen molar-refractivity contribution in [1.82, 2.24) is 5.32 Å². The Hall–Kier alpha value is -5.59. The summed E-state index contributed by atoms with van der Waals surface area (Å²) in [6.45, 7) is 0.136. The molecule has 2 aliphatic rings. The highest BCUT2D eigenvalue weighted by Gasteiger charge is 2.42. The second kappa shape index (κ2) is 15.3. The number of carbonyl (C=O) groups excluding carboxylic acids is 3. The molecule has 262 valence electrons. The van der Waals surface area contributed by atoms with Gasteiger partial charge in [0.1, 0.15) is 0 Å². The van der Waals surface area contributed by atoms with E-state index >= 15 is 0 Å². The quantitative estimate of drug-likeness (QED) is 0.0754. The molecule has 0 spiro atoms. The van der Waals surface area contributed by atoms with Crippen LogP contribution >= 0.6 is 11.8 Å². The molecule has 0 bridgehead atoms. The summed E-state index contributed by atoms with van der Waals surface area (Å²) in [5, 5.41) is 21.9. The van der Waals surface area contributed by atoms with Gasteiger partial charge in [0.2, 0.25) is 0 Å². The Kier molecular flexibility index (Phi) is 10.3. The molecule has 2 heterocycles. The summed E-state index contributed by atoms with van der Waals surface area (Å²) < 4.78 is 18.2. The molecule has 0 aliphatic carbocycles. The molecule has 52 heavy (non-hydrogen) atoms. The first-order chi connectivity index (χ1) is 25.3. The van der Waals surface area contributed by atoms with Gasteiger partial charge < -0.3 is 29.7 Å². The number of ether oxygens (including phenoxy) is 3. The molecule has 1 amide bonds. The normalized spacial score (nSPS) is 19.5. The average Bonchev–Trinajstić information content (AvgIpc) is 3.48. The number of amides is 1. The topological polar surface area (TPSA) is 148 Å². The van der Waals surface area contributed by atoms with E-state index < -0.39 is 36.2 Å². The molecular formula is C41H33NO9S. The van der Waals surface area contributed by atoms with E-state index in [1.165, 1.54) is 18.2 Å². The highest BCUT2D eigenvalue weighted by molar-refractivity contribution is 7.99. The fraction of sp³-hybridized carbons (Fsp3) is 0.171. The lowest BCUT2D eigenvalue weighted by Crippen LogP contribution is -2.38. The number of fused-ring (bicyclic) bond motifs is 1.